The Bertz CT molecular complexity index is 532. The van der Waals surface area contributed by atoms with Gasteiger partial charge in [-0.3, -0.25) is 4.79 Å². The lowest BCUT2D eigenvalue weighted by Crippen LogP contribution is -2.53. The Morgan fingerprint density at radius 3 is 2.60 bits per heavy atom. The monoisotopic (exact) mass is 272 g/mol. The van der Waals surface area contributed by atoms with E-state index in [2.05, 4.69) is 41.1 Å². The fraction of sp³-hybridized carbons (Fsp3) is 0.500. The molecule has 1 aromatic rings. The van der Waals surface area contributed by atoms with Gasteiger partial charge in [0, 0.05) is 12.5 Å². The van der Waals surface area contributed by atoms with Crippen LogP contribution in [0.4, 0.5) is 0 Å². The second kappa shape index (κ2) is 5.37. The minimum Gasteiger partial charge on any atom is -0.381 e. The fourth-order valence-electron chi connectivity index (χ4n) is 2.72. The van der Waals surface area contributed by atoms with Crippen molar-refractivity contribution in [1.29, 1.82) is 0 Å². The number of amides is 1. The predicted molar refractivity (Wildman–Crippen MR) is 77.7 cm³/mol. The molecule has 106 valence electrons. The lowest BCUT2D eigenvalue weighted by atomic mass is 9.90. The van der Waals surface area contributed by atoms with Crippen LogP contribution < -0.4 is 0 Å². The molecule has 0 saturated heterocycles. The van der Waals surface area contributed by atoms with Crippen LogP contribution in [0.1, 0.15) is 30.4 Å². The largest absolute Gasteiger partial charge is 0.381 e. The summed E-state index contributed by atoms with van der Waals surface area (Å²) >= 11 is 0. The molecule has 0 aromatic heterocycles. The molecule has 1 aliphatic heterocycles. The summed E-state index contributed by atoms with van der Waals surface area (Å²) in [7, 11) is 0. The average molecular weight is 272 g/mol. The van der Waals surface area contributed by atoms with E-state index >= 15 is 0 Å². The van der Waals surface area contributed by atoms with Gasteiger partial charge in [-0.1, -0.05) is 29.8 Å². The lowest BCUT2D eigenvalue weighted by molar-refractivity contribution is -0.127. The quantitative estimate of drug-likeness (QED) is 0.911. The minimum atomic E-state index is -0.961. The van der Waals surface area contributed by atoms with Crippen LogP contribution in [0.3, 0.4) is 0 Å². The van der Waals surface area contributed by atoms with Gasteiger partial charge in [-0.25, -0.2) is 0 Å². The lowest BCUT2D eigenvalue weighted by Gasteiger charge is -2.42. The number of carbonyl (C=O) groups is 1. The Morgan fingerprint density at radius 2 is 2.00 bits per heavy atom. The standard InChI is InChI=1S/C16H20N2O2/c1-11-5-7-12(8-6-11)9-15-17-16(20)14(19)10-18(15)13-3-2-4-13/h5-8,13-14,19H,2-4,9-10H2,1H3. The van der Waals surface area contributed by atoms with E-state index in [4.69, 9.17) is 0 Å². The maximum Gasteiger partial charge on any atom is 0.278 e. The van der Waals surface area contributed by atoms with Gasteiger partial charge < -0.3 is 10.0 Å². The number of β-amino-alcohol motifs (C(OH)–C–C–N with tert-alkyl or cyclic N) is 1. The van der Waals surface area contributed by atoms with Crippen LogP contribution in [-0.4, -0.2) is 40.4 Å². The van der Waals surface area contributed by atoms with E-state index in [0.29, 0.717) is 19.0 Å². The third-order valence-electron chi connectivity index (χ3n) is 4.22. The zero-order valence-corrected chi connectivity index (χ0v) is 11.7. The third-order valence-corrected chi connectivity index (χ3v) is 4.22. The zero-order chi connectivity index (χ0) is 14.1. The summed E-state index contributed by atoms with van der Waals surface area (Å²) in [6.07, 6.45) is 3.19. The van der Waals surface area contributed by atoms with Crippen molar-refractivity contribution >= 4 is 11.7 Å². The van der Waals surface area contributed by atoms with Crippen molar-refractivity contribution in [2.75, 3.05) is 6.54 Å². The number of aliphatic hydroxyl groups is 1. The molecule has 1 aliphatic carbocycles. The molecule has 1 heterocycles. The van der Waals surface area contributed by atoms with E-state index in [-0.39, 0.29) is 0 Å². The van der Waals surface area contributed by atoms with E-state index in [1.807, 2.05) is 0 Å². The Balaban J connectivity index is 1.81. The number of hydrogen-bond acceptors (Lipinski definition) is 3. The molecule has 20 heavy (non-hydrogen) atoms. The number of carbonyl (C=O) groups excluding carboxylic acids is 1. The first-order chi connectivity index (χ1) is 9.63. The first-order valence-corrected chi connectivity index (χ1v) is 7.25. The maximum atomic E-state index is 11.7. The van der Waals surface area contributed by atoms with Gasteiger partial charge in [0.25, 0.3) is 5.91 Å². The van der Waals surface area contributed by atoms with Crippen molar-refractivity contribution in [1.82, 2.24) is 4.90 Å². The van der Waals surface area contributed by atoms with Gasteiger partial charge in [0.2, 0.25) is 0 Å². The number of aliphatic imine (C=N–C) groups is 1. The van der Waals surface area contributed by atoms with Crippen molar-refractivity contribution in [3.63, 3.8) is 0 Å². The molecule has 4 heteroatoms. The molecule has 2 aliphatic rings. The molecule has 1 saturated carbocycles. The fourth-order valence-corrected chi connectivity index (χ4v) is 2.72. The normalized spacial score (nSPS) is 23.5. The first kappa shape index (κ1) is 13.3. The van der Waals surface area contributed by atoms with Gasteiger partial charge in [0.1, 0.15) is 5.84 Å². The SMILES string of the molecule is Cc1ccc(CC2=NC(=O)C(O)CN2C2CCC2)cc1. The number of aliphatic hydroxyl groups excluding tert-OH is 1. The molecular weight excluding hydrogens is 252 g/mol. The van der Waals surface area contributed by atoms with E-state index in [9.17, 15) is 9.90 Å². The highest BCUT2D eigenvalue weighted by atomic mass is 16.3. The molecule has 1 unspecified atom stereocenters. The van der Waals surface area contributed by atoms with Crippen molar-refractivity contribution < 1.29 is 9.90 Å². The van der Waals surface area contributed by atoms with Crippen LogP contribution in [0.25, 0.3) is 0 Å². The Hall–Kier alpha value is -1.68. The number of hydrogen-bond donors (Lipinski definition) is 1. The van der Waals surface area contributed by atoms with Gasteiger partial charge in [0.05, 0.1) is 6.54 Å². The Kier molecular flexibility index (Phi) is 3.57. The molecule has 3 rings (SSSR count). The number of amidine groups is 1. The summed E-state index contributed by atoms with van der Waals surface area (Å²) in [5.41, 5.74) is 2.38. The molecule has 1 aromatic carbocycles. The Morgan fingerprint density at radius 1 is 1.30 bits per heavy atom. The summed E-state index contributed by atoms with van der Waals surface area (Å²) in [6, 6.07) is 8.74. The Labute approximate surface area is 119 Å². The average Bonchev–Trinajstić information content (AvgIpc) is 2.36. The molecule has 1 atom stereocenters. The van der Waals surface area contributed by atoms with Crippen molar-refractivity contribution in [2.24, 2.45) is 4.99 Å². The maximum absolute atomic E-state index is 11.7. The molecule has 1 N–H and O–H groups in total. The van der Waals surface area contributed by atoms with Crippen LogP contribution in [0.15, 0.2) is 29.3 Å². The predicted octanol–water partition coefficient (Wildman–Crippen LogP) is 1.69. The second-order valence-electron chi connectivity index (χ2n) is 5.78. The number of aryl methyl sites for hydroxylation is 1. The number of rotatable bonds is 3. The van der Waals surface area contributed by atoms with E-state index < -0.39 is 12.0 Å². The second-order valence-corrected chi connectivity index (χ2v) is 5.78. The number of nitrogens with zero attached hydrogens (tertiary/aromatic N) is 2. The smallest absolute Gasteiger partial charge is 0.278 e. The summed E-state index contributed by atoms with van der Waals surface area (Å²) in [5.74, 6) is 0.413. The summed E-state index contributed by atoms with van der Waals surface area (Å²) < 4.78 is 0. The third kappa shape index (κ3) is 2.61. The van der Waals surface area contributed by atoms with Crippen molar-refractivity contribution in [2.45, 2.75) is 44.8 Å². The minimum absolute atomic E-state index is 0.397. The molecule has 0 spiro atoms. The summed E-state index contributed by atoms with van der Waals surface area (Å²) in [4.78, 5) is 17.9. The summed E-state index contributed by atoms with van der Waals surface area (Å²) in [5, 5.41) is 9.74. The van der Waals surface area contributed by atoms with Crippen LogP contribution in [-0.2, 0) is 11.2 Å². The topological polar surface area (TPSA) is 52.9 Å². The highest BCUT2D eigenvalue weighted by molar-refractivity contribution is 5.99. The molecule has 0 bridgehead atoms. The molecule has 1 amide bonds. The van der Waals surface area contributed by atoms with Crippen LogP contribution in [0.5, 0.6) is 0 Å². The van der Waals surface area contributed by atoms with Crippen LogP contribution >= 0.6 is 0 Å². The van der Waals surface area contributed by atoms with E-state index in [1.54, 1.807) is 0 Å². The highest BCUT2D eigenvalue weighted by Gasteiger charge is 2.34. The van der Waals surface area contributed by atoms with Gasteiger partial charge in [-0.05, 0) is 31.7 Å². The summed E-state index contributed by atoms with van der Waals surface area (Å²) in [6.45, 7) is 2.46. The van der Waals surface area contributed by atoms with Gasteiger partial charge in [-0.2, -0.15) is 4.99 Å². The first-order valence-electron chi connectivity index (χ1n) is 7.25. The molecule has 1 fully saturated rings. The zero-order valence-electron chi connectivity index (χ0n) is 11.7. The van der Waals surface area contributed by atoms with E-state index in [0.717, 1.165) is 24.2 Å². The molecule has 4 nitrogen and oxygen atoms in total. The molecule has 0 radical (unpaired) electrons. The van der Waals surface area contributed by atoms with Crippen molar-refractivity contribution in [3.8, 4) is 0 Å². The van der Waals surface area contributed by atoms with Crippen molar-refractivity contribution in [3.05, 3.63) is 35.4 Å². The number of benzene rings is 1. The van der Waals surface area contributed by atoms with Gasteiger partial charge >= 0.3 is 0 Å². The van der Waals surface area contributed by atoms with Gasteiger partial charge in [0.15, 0.2) is 6.10 Å². The molecular formula is C16H20N2O2. The van der Waals surface area contributed by atoms with E-state index in [1.165, 1.54) is 12.0 Å². The highest BCUT2D eigenvalue weighted by Crippen LogP contribution is 2.27. The van der Waals surface area contributed by atoms with Gasteiger partial charge in [-0.15, -0.1) is 0 Å². The van der Waals surface area contributed by atoms with Crippen LogP contribution in [0, 0.1) is 6.92 Å². The van der Waals surface area contributed by atoms with Crippen LogP contribution in [0.2, 0.25) is 0 Å².